The molecule has 136 valence electrons. The van der Waals surface area contributed by atoms with E-state index < -0.39 is 0 Å². The number of thiophene rings is 1. The van der Waals surface area contributed by atoms with Gasteiger partial charge in [-0.3, -0.25) is 9.36 Å². The summed E-state index contributed by atoms with van der Waals surface area (Å²) in [5, 5.41) is 2.55. The van der Waals surface area contributed by atoms with Gasteiger partial charge in [-0.25, -0.2) is 4.98 Å². The van der Waals surface area contributed by atoms with Gasteiger partial charge < -0.3 is 9.47 Å². The summed E-state index contributed by atoms with van der Waals surface area (Å²) >= 11 is 4.86. The average molecular weight is 443 g/mol. The highest BCUT2D eigenvalue weighted by molar-refractivity contribution is 9.10. The van der Waals surface area contributed by atoms with Crippen molar-refractivity contribution >= 4 is 37.5 Å². The molecule has 4 aromatic rings. The van der Waals surface area contributed by atoms with Gasteiger partial charge in [0.2, 0.25) is 0 Å². The average Bonchev–Trinajstić information content (AvgIpc) is 3.13. The van der Waals surface area contributed by atoms with Crippen LogP contribution in [0.3, 0.4) is 0 Å². The Morgan fingerprint density at radius 3 is 2.48 bits per heavy atom. The molecule has 5 nitrogen and oxygen atoms in total. The molecule has 0 saturated carbocycles. The van der Waals surface area contributed by atoms with Crippen LogP contribution in [0.5, 0.6) is 11.5 Å². The first-order chi connectivity index (χ1) is 13.1. The van der Waals surface area contributed by atoms with Crippen molar-refractivity contribution in [2.45, 2.75) is 0 Å². The van der Waals surface area contributed by atoms with E-state index in [0.29, 0.717) is 21.7 Å². The Kier molecular flexibility index (Phi) is 4.72. The summed E-state index contributed by atoms with van der Waals surface area (Å²) in [6, 6.07) is 13.2. The van der Waals surface area contributed by atoms with Crippen LogP contribution in [0.25, 0.3) is 27.0 Å². The molecule has 0 unspecified atom stereocenters. The highest BCUT2D eigenvalue weighted by Crippen LogP contribution is 2.36. The van der Waals surface area contributed by atoms with E-state index in [0.717, 1.165) is 21.3 Å². The standard InChI is InChI=1S/C20H15BrN2O3S/c1-25-16-8-3-12(9-17(16)26-2)15-10-27-19-18(15)20(24)23(11-22-19)14-6-4-13(21)5-7-14/h3-11H,1-2H3. The maximum atomic E-state index is 13.2. The molecule has 0 aliphatic heterocycles. The highest BCUT2D eigenvalue weighted by atomic mass is 79.9. The molecule has 7 heteroatoms. The molecule has 0 bridgehead atoms. The molecule has 27 heavy (non-hydrogen) atoms. The lowest BCUT2D eigenvalue weighted by atomic mass is 10.1. The van der Waals surface area contributed by atoms with Gasteiger partial charge in [-0.1, -0.05) is 22.0 Å². The SMILES string of the molecule is COc1ccc(-c2csc3ncn(-c4ccc(Br)cc4)c(=O)c23)cc1OC. The first-order valence-electron chi connectivity index (χ1n) is 8.09. The molecular formula is C20H15BrN2O3S. The topological polar surface area (TPSA) is 53.4 Å². The number of benzene rings is 2. The molecule has 0 fully saturated rings. The van der Waals surface area contributed by atoms with Crippen molar-refractivity contribution in [2.75, 3.05) is 14.2 Å². The first-order valence-corrected chi connectivity index (χ1v) is 9.77. The maximum Gasteiger partial charge on any atom is 0.267 e. The minimum absolute atomic E-state index is 0.103. The smallest absolute Gasteiger partial charge is 0.267 e. The summed E-state index contributed by atoms with van der Waals surface area (Å²) in [5.41, 5.74) is 2.38. The van der Waals surface area contributed by atoms with E-state index in [1.165, 1.54) is 11.3 Å². The number of ether oxygens (including phenoxy) is 2. The van der Waals surface area contributed by atoms with Crippen LogP contribution in [-0.2, 0) is 0 Å². The Bertz CT molecular complexity index is 1180. The molecule has 2 heterocycles. The third kappa shape index (κ3) is 3.13. The highest BCUT2D eigenvalue weighted by Gasteiger charge is 2.15. The van der Waals surface area contributed by atoms with E-state index >= 15 is 0 Å². The van der Waals surface area contributed by atoms with E-state index in [1.54, 1.807) is 25.1 Å². The van der Waals surface area contributed by atoms with Crippen LogP contribution in [0.2, 0.25) is 0 Å². The van der Waals surface area contributed by atoms with Crippen LogP contribution >= 0.6 is 27.3 Å². The molecule has 2 aromatic carbocycles. The Balaban J connectivity index is 1.92. The van der Waals surface area contributed by atoms with Crippen molar-refractivity contribution in [2.24, 2.45) is 0 Å². The molecule has 0 spiro atoms. The zero-order valence-electron chi connectivity index (χ0n) is 14.6. The van der Waals surface area contributed by atoms with Crippen molar-refractivity contribution in [3.63, 3.8) is 0 Å². The summed E-state index contributed by atoms with van der Waals surface area (Å²) < 4.78 is 13.2. The van der Waals surface area contributed by atoms with Crippen LogP contribution in [0.1, 0.15) is 0 Å². The second-order valence-corrected chi connectivity index (χ2v) is 7.57. The van der Waals surface area contributed by atoms with Gasteiger partial charge in [0, 0.05) is 15.4 Å². The molecule has 0 aliphatic carbocycles. The number of methoxy groups -OCH3 is 2. The molecule has 0 radical (unpaired) electrons. The van der Waals surface area contributed by atoms with Crippen LogP contribution < -0.4 is 15.0 Å². The van der Waals surface area contributed by atoms with Crippen molar-refractivity contribution in [3.05, 3.63) is 69.0 Å². The quantitative estimate of drug-likeness (QED) is 0.451. The van der Waals surface area contributed by atoms with E-state index in [-0.39, 0.29) is 5.56 Å². The van der Waals surface area contributed by atoms with Gasteiger partial charge in [0.05, 0.1) is 25.3 Å². The summed E-state index contributed by atoms with van der Waals surface area (Å²) in [6.45, 7) is 0. The molecular weight excluding hydrogens is 428 g/mol. The summed E-state index contributed by atoms with van der Waals surface area (Å²) in [6.07, 6.45) is 1.57. The van der Waals surface area contributed by atoms with E-state index in [1.807, 2.05) is 47.8 Å². The number of nitrogens with zero attached hydrogens (tertiary/aromatic N) is 2. The number of hydrogen-bond donors (Lipinski definition) is 0. The maximum absolute atomic E-state index is 13.2. The summed E-state index contributed by atoms with van der Waals surface area (Å²) in [5.74, 6) is 1.26. The molecule has 4 rings (SSSR count). The van der Waals surface area contributed by atoms with Crippen molar-refractivity contribution in [3.8, 4) is 28.3 Å². The Morgan fingerprint density at radius 2 is 1.78 bits per heavy atom. The zero-order chi connectivity index (χ0) is 19.0. The number of fused-ring (bicyclic) bond motifs is 1. The van der Waals surface area contributed by atoms with Crippen molar-refractivity contribution in [1.82, 2.24) is 9.55 Å². The molecule has 0 saturated heterocycles. The largest absolute Gasteiger partial charge is 0.493 e. The Hall–Kier alpha value is -2.64. The molecule has 2 aromatic heterocycles. The van der Waals surface area contributed by atoms with Gasteiger partial charge >= 0.3 is 0 Å². The third-order valence-electron chi connectivity index (χ3n) is 4.29. The fraction of sp³-hybridized carbons (Fsp3) is 0.100. The number of halogens is 1. The number of aromatic nitrogens is 2. The fourth-order valence-corrected chi connectivity index (χ4v) is 4.11. The third-order valence-corrected chi connectivity index (χ3v) is 5.71. The lowest BCUT2D eigenvalue weighted by Gasteiger charge is -2.10. The Morgan fingerprint density at radius 1 is 1.04 bits per heavy atom. The molecule has 0 amide bonds. The normalized spacial score (nSPS) is 10.9. The predicted octanol–water partition coefficient (Wildman–Crippen LogP) is 4.89. The van der Waals surface area contributed by atoms with Gasteiger partial charge in [0.15, 0.2) is 11.5 Å². The van der Waals surface area contributed by atoms with Gasteiger partial charge in [-0.05, 0) is 42.0 Å². The molecule has 0 N–H and O–H groups in total. The lowest BCUT2D eigenvalue weighted by molar-refractivity contribution is 0.355. The monoisotopic (exact) mass is 442 g/mol. The molecule has 0 atom stereocenters. The summed E-state index contributed by atoms with van der Waals surface area (Å²) in [4.78, 5) is 18.4. The second kappa shape index (κ2) is 7.17. The van der Waals surface area contributed by atoms with E-state index in [4.69, 9.17) is 9.47 Å². The van der Waals surface area contributed by atoms with Gasteiger partial charge in [-0.15, -0.1) is 11.3 Å². The van der Waals surface area contributed by atoms with Crippen molar-refractivity contribution in [1.29, 1.82) is 0 Å². The van der Waals surface area contributed by atoms with Crippen LogP contribution in [-0.4, -0.2) is 23.8 Å². The van der Waals surface area contributed by atoms with E-state index in [9.17, 15) is 4.79 Å². The van der Waals surface area contributed by atoms with E-state index in [2.05, 4.69) is 20.9 Å². The Labute approximate surface area is 168 Å². The number of hydrogen-bond acceptors (Lipinski definition) is 5. The number of rotatable bonds is 4. The van der Waals surface area contributed by atoms with Gasteiger partial charge in [-0.2, -0.15) is 0 Å². The zero-order valence-corrected chi connectivity index (χ0v) is 17.0. The van der Waals surface area contributed by atoms with Crippen LogP contribution in [0.15, 0.2) is 63.4 Å². The minimum atomic E-state index is -0.103. The van der Waals surface area contributed by atoms with Gasteiger partial charge in [0.1, 0.15) is 11.2 Å². The minimum Gasteiger partial charge on any atom is -0.493 e. The second-order valence-electron chi connectivity index (χ2n) is 5.80. The molecule has 0 aliphatic rings. The first kappa shape index (κ1) is 17.8. The summed E-state index contributed by atoms with van der Waals surface area (Å²) in [7, 11) is 3.19. The lowest BCUT2D eigenvalue weighted by Crippen LogP contribution is -2.18. The fourth-order valence-electron chi connectivity index (χ4n) is 2.93. The van der Waals surface area contributed by atoms with Gasteiger partial charge in [0.25, 0.3) is 5.56 Å². The van der Waals surface area contributed by atoms with Crippen LogP contribution in [0, 0.1) is 0 Å². The van der Waals surface area contributed by atoms with Crippen LogP contribution in [0.4, 0.5) is 0 Å². The predicted molar refractivity (Wildman–Crippen MR) is 111 cm³/mol. The van der Waals surface area contributed by atoms with Crippen molar-refractivity contribution < 1.29 is 9.47 Å².